The summed E-state index contributed by atoms with van der Waals surface area (Å²) in [6.07, 6.45) is 4.20. The molecule has 1 aliphatic heterocycles. The van der Waals surface area contributed by atoms with E-state index in [1.54, 1.807) is 0 Å². The zero-order chi connectivity index (χ0) is 17.7. The number of carbonyl (C=O) groups excluding carboxylic acids is 1. The molecule has 4 nitrogen and oxygen atoms in total. The van der Waals surface area contributed by atoms with Crippen LogP contribution in [0.2, 0.25) is 0 Å². The van der Waals surface area contributed by atoms with Gasteiger partial charge in [0.05, 0.1) is 11.1 Å². The van der Waals surface area contributed by atoms with Gasteiger partial charge < -0.3 is 10.6 Å². The maximum Gasteiger partial charge on any atom is 0.259 e. The number of nitrogen functional groups attached to an aromatic ring is 1. The summed E-state index contributed by atoms with van der Waals surface area (Å²) in [6, 6.07) is 15.8. The van der Waals surface area contributed by atoms with Crippen LogP contribution in [-0.2, 0) is 6.42 Å². The van der Waals surface area contributed by atoms with Crippen molar-refractivity contribution in [3.05, 3.63) is 65.4 Å². The van der Waals surface area contributed by atoms with Gasteiger partial charge in [-0.15, -0.1) is 0 Å². The molecule has 1 aliphatic carbocycles. The number of hydrogen-bond acceptors (Lipinski definition) is 3. The molecule has 4 heteroatoms. The maximum atomic E-state index is 13.5. The standard InChI is InChI=1S/C22H21N3O/c23-18-7-3-9-21-16(18)6-4-12-25(21)22(26)17-13-20(14-10-11-14)24-19-8-2-1-5-15(17)19/h1-3,5,7-9,13-14H,4,6,10-12,23H2. The minimum Gasteiger partial charge on any atom is -0.398 e. The van der Waals surface area contributed by atoms with Crippen LogP contribution >= 0.6 is 0 Å². The van der Waals surface area contributed by atoms with Crippen LogP contribution in [0.1, 0.15) is 46.8 Å². The lowest BCUT2D eigenvalue weighted by atomic mass is 9.98. The van der Waals surface area contributed by atoms with Crippen LogP contribution < -0.4 is 10.6 Å². The lowest BCUT2D eigenvalue weighted by Gasteiger charge is -2.30. The van der Waals surface area contributed by atoms with Crippen molar-refractivity contribution in [3.8, 4) is 0 Å². The van der Waals surface area contributed by atoms with Crippen LogP contribution in [0.4, 0.5) is 11.4 Å². The number of hydrogen-bond donors (Lipinski definition) is 1. The molecule has 2 heterocycles. The van der Waals surface area contributed by atoms with Gasteiger partial charge in [0.25, 0.3) is 5.91 Å². The topological polar surface area (TPSA) is 59.2 Å². The molecule has 26 heavy (non-hydrogen) atoms. The number of benzene rings is 2. The van der Waals surface area contributed by atoms with Gasteiger partial charge in [-0.25, -0.2) is 0 Å². The highest BCUT2D eigenvalue weighted by molar-refractivity contribution is 6.14. The lowest BCUT2D eigenvalue weighted by molar-refractivity contribution is 0.0986. The third-order valence-corrected chi connectivity index (χ3v) is 5.49. The molecule has 0 saturated heterocycles. The van der Waals surface area contributed by atoms with Crippen LogP contribution in [0.3, 0.4) is 0 Å². The second kappa shape index (κ2) is 5.84. The molecule has 1 aromatic heterocycles. The zero-order valence-corrected chi connectivity index (χ0v) is 14.6. The number of pyridine rings is 1. The minimum absolute atomic E-state index is 0.0528. The number of carbonyl (C=O) groups is 1. The molecule has 2 N–H and O–H groups in total. The maximum absolute atomic E-state index is 13.5. The van der Waals surface area contributed by atoms with Crippen LogP contribution in [0.5, 0.6) is 0 Å². The molecule has 0 unspecified atom stereocenters. The SMILES string of the molecule is Nc1cccc2c1CCCN2C(=O)c1cc(C2CC2)nc2ccccc12. The molecule has 130 valence electrons. The Morgan fingerprint density at radius 2 is 1.96 bits per heavy atom. The number of amides is 1. The van der Waals surface area contributed by atoms with Crippen LogP contribution in [0.15, 0.2) is 48.5 Å². The van der Waals surface area contributed by atoms with E-state index in [0.717, 1.165) is 58.5 Å². The summed E-state index contributed by atoms with van der Waals surface area (Å²) in [6.45, 7) is 0.727. The van der Waals surface area contributed by atoms with E-state index < -0.39 is 0 Å². The third-order valence-electron chi connectivity index (χ3n) is 5.49. The van der Waals surface area contributed by atoms with Crippen LogP contribution in [-0.4, -0.2) is 17.4 Å². The van der Waals surface area contributed by atoms with Gasteiger partial charge in [0.2, 0.25) is 0 Å². The van der Waals surface area contributed by atoms with Gasteiger partial charge in [-0.3, -0.25) is 9.78 Å². The highest BCUT2D eigenvalue weighted by Gasteiger charge is 2.30. The van der Waals surface area contributed by atoms with Crippen molar-refractivity contribution in [2.75, 3.05) is 17.2 Å². The Morgan fingerprint density at radius 3 is 2.81 bits per heavy atom. The summed E-state index contributed by atoms with van der Waals surface area (Å²) < 4.78 is 0. The fraction of sp³-hybridized carbons (Fsp3) is 0.273. The average molecular weight is 343 g/mol. The van der Waals surface area contributed by atoms with Crippen LogP contribution in [0, 0.1) is 0 Å². The summed E-state index contributed by atoms with van der Waals surface area (Å²) in [7, 11) is 0. The van der Waals surface area contributed by atoms with Crippen molar-refractivity contribution in [2.45, 2.75) is 31.6 Å². The van der Waals surface area contributed by atoms with Gasteiger partial charge in [0.15, 0.2) is 0 Å². The first-order chi connectivity index (χ1) is 12.7. The Morgan fingerprint density at radius 1 is 1.12 bits per heavy atom. The monoisotopic (exact) mass is 343 g/mol. The van der Waals surface area contributed by atoms with Crippen molar-refractivity contribution in [1.29, 1.82) is 0 Å². The van der Waals surface area contributed by atoms with E-state index in [2.05, 4.69) is 0 Å². The van der Waals surface area contributed by atoms with Gasteiger partial charge in [-0.05, 0) is 55.5 Å². The quantitative estimate of drug-likeness (QED) is 0.706. The fourth-order valence-electron chi connectivity index (χ4n) is 3.97. The van der Waals surface area contributed by atoms with E-state index in [9.17, 15) is 4.79 Å². The summed E-state index contributed by atoms with van der Waals surface area (Å²) >= 11 is 0. The summed E-state index contributed by atoms with van der Waals surface area (Å²) in [4.78, 5) is 20.2. The van der Waals surface area contributed by atoms with Gasteiger partial charge in [0, 0.05) is 34.9 Å². The highest BCUT2D eigenvalue weighted by Crippen LogP contribution is 2.41. The molecule has 2 aromatic carbocycles. The normalized spacial score (nSPS) is 16.5. The molecule has 3 aromatic rings. The summed E-state index contributed by atoms with van der Waals surface area (Å²) in [5.74, 6) is 0.562. The van der Waals surface area contributed by atoms with E-state index in [0.29, 0.717) is 5.92 Å². The number of aromatic nitrogens is 1. The van der Waals surface area contributed by atoms with Crippen LogP contribution in [0.25, 0.3) is 10.9 Å². The number of para-hydroxylation sites is 1. The number of fused-ring (bicyclic) bond motifs is 2. The zero-order valence-electron chi connectivity index (χ0n) is 14.6. The number of nitrogens with zero attached hydrogens (tertiary/aromatic N) is 2. The second-order valence-corrected chi connectivity index (χ2v) is 7.29. The summed E-state index contributed by atoms with van der Waals surface area (Å²) in [5, 5.41) is 0.929. The Bertz CT molecular complexity index is 1020. The van der Waals surface area contributed by atoms with Crippen molar-refractivity contribution < 1.29 is 4.79 Å². The number of anilines is 2. The predicted molar refractivity (Wildman–Crippen MR) is 105 cm³/mol. The third kappa shape index (κ3) is 2.45. The number of nitrogens with two attached hydrogens (primary N) is 1. The molecule has 0 atom stereocenters. The molecule has 1 amide bonds. The second-order valence-electron chi connectivity index (χ2n) is 7.29. The van der Waals surface area contributed by atoms with E-state index in [-0.39, 0.29) is 5.91 Å². The van der Waals surface area contributed by atoms with E-state index in [1.807, 2.05) is 53.4 Å². The fourth-order valence-corrected chi connectivity index (χ4v) is 3.97. The number of rotatable bonds is 2. The average Bonchev–Trinajstić information content (AvgIpc) is 3.52. The first kappa shape index (κ1) is 15.4. The highest BCUT2D eigenvalue weighted by atomic mass is 16.2. The Balaban J connectivity index is 1.65. The van der Waals surface area contributed by atoms with E-state index in [1.165, 1.54) is 12.8 Å². The molecule has 1 saturated carbocycles. The van der Waals surface area contributed by atoms with Gasteiger partial charge in [-0.1, -0.05) is 24.3 Å². The Hall–Kier alpha value is -2.88. The molecular formula is C22H21N3O. The lowest BCUT2D eigenvalue weighted by Crippen LogP contribution is -2.36. The molecule has 2 aliphatic rings. The Labute approximate surface area is 152 Å². The smallest absolute Gasteiger partial charge is 0.259 e. The Kier molecular flexibility index (Phi) is 3.45. The molecule has 0 radical (unpaired) electrons. The van der Waals surface area contributed by atoms with Crippen molar-refractivity contribution in [1.82, 2.24) is 4.98 Å². The van der Waals surface area contributed by atoms with Crippen molar-refractivity contribution in [3.63, 3.8) is 0 Å². The minimum atomic E-state index is 0.0528. The first-order valence-corrected chi connectivity index (χ1v) is 9.31. The molecule has 0 spiro atoms. The van der Waals surface area contributed by atoms with Gasteiger partial charge in [-0.2, -0.15) is 0 Å². The molecule has 5 rings (SSSR count). The largest absolute Gasteiger partial charge is 0.398 e. The van der Waals surface area contributed by atoms with Gasteiger partial charge >= 0.3 is 0 Å². The van der Waals surface area contributed by atoms with Gasteiger partial charge in [0.1, 0.15) is 0 Å². The summed E-state index contributed by atoms with van der Waals surface area (Å²) in [5.41, 5.74) is 11.7. The first-order valence-electron chi connectivity index (χ1n) is 9.31. The molecular weight excluding hydrogens is 322 g/mol. The van der Waals surface area contributed by atoms with E-state index in [4.69, 9.17) is 10.7 Å². The van der Waals surface area contributed by atoms with E-state index >= 15 is 0 Å². The molecule has 1 fully saturated rings. The molecule has 0 bridgehead atoms. The predicted octanol–water partition coefficient (Wildman–Crippen LogP) is 4.29. The van der Waals surface area contributed by atoms with Crippen molar-refractivity contribution in [2.24, 2.45) is 0 Å². The van der Waals surface area contributed by atoms with Crippen molar-refractivity contribution >= 4 is 28.2 Å².